The average Bonchev–Trinajstić information content (AvgIpc) is 2.99. The van der Waals surface area contributed by atoms with E-state index in [1.54, 1.807) is 7.11 Å². The SMILES string of the molecule is COCCCO[C@@H](c1ccccc1)C1CCCN(c2c(NC(CNCCC(C)C)CC3CCCCC3)c(=O)c2=O)C1. The van der Waals surface area contributed by atoms with Crippen LogP contribution in [-0.2, 0) is 9.47 Å². The first-order chi connectivity index (χ1) is 20.0. The second-order valence-corrected chi connectivity index (χ2v) is 12.7. The van der Waals surface area contributed by atoms with Crippen molar-refractivity contribution in [2.75, 3.05) is 56.7 Å². The Morgan fingerprint density at radius 3 is 2.49 bits per heavy atom. The minimum absolute atomic E-state index is 0.0528. The van der Waals surface area contributed by atoms with Gasteiger partial charge in [-0.3, -0.25) is 9.59 Å². The van der Waals surface area contributed by atoms with Crippen LogP contribution in [0, 0.1) is 17.8 Å². The third-order valence-corrected chi connectivity index (χ3v) is 8.99. The Kier molecular flexibility index (Phi) is 12.7. The number of nitrogens with one attached hydrogen (secondary N) is 2. The molecule has 1 saturated carbocycles. The standard InChI is InChI=1S/C34H53N3O4/c1-25(2)17-18-35-23-29(22-26-12-6-4-7-13-26)36-30-31(33(39)32(30)38)37-19-10-16-28(24-37)34(41-21-11-20-40-3)27-14-8-5-9-15-27/h5,8-9,14-15,25-26,28-29,34-36H,4,6-7,10-13,16-24H2,1-3H3/t28?,29?,34-/m0/s1. The first kappa shape index (κ1) is 31.7. The van der Waals surface area contributed by atoms with Gasteiger partial charge in [-0.05, 0) is 56.0 Å². The van der Waals surface area contributed by atoms with E-state index in [0.717, 1.165) is 51.7 Å². The molecule has 2 N–H and O–H groups in total. The first-order valence-corrected chi connectivity index (χ1v) is 16.2. The number of methoxy groups -OCH3 is 1. The maximum absolute atomic E-state index is 13.0. The highest BCUT2D eigenvalue weighted by Gasteiger charge is 2.34. The summed E-state index contributed by atoms with van der Waals surface area (Å²) in [6.07, 6.45) is 11.4. The lowest BCUT2D eigenvalue weighted by Gasteiger charge is -2.39. The fourth-order valence-electron chi connectivity index (χ4n) is 6.73. The summed E-state index contributed by atoms with van der Waals surface area (Å²) < 4.78 is 11.7. The lowest BCUT2D eigenvalue weighted by Crippen LogP contribution is -2.49. The predicted molar refractivity (Wildman–Crippen MR) is 169 cm³/mol. The Morgan fingerprint density at radius 2 is 1.76 bits per heavy atom. The number of rotatable bonds is 17. The molecule has 2 unspecified atom stereocenters. The maximum atomic E-state index is 13.0. The molecule has 7 heteroatoms. The quantitative estimate of drug-likeness (QED) is 0.188. The normalized spacial score (nSPS) is 20.0. The van der Waals surface area contributed by atoms with Crippen molar-refractivity contribution in [3.05, 3.63) is 56.3 Å². The van der Waals surface area contributed by atoms with E-state index in [4.69, 9.17) is 9.47 Å². The zero-order valence-corrected chi connectivity index (χ0v) is 25.7. The zero-order valence-electron chi connectivity index (χ0n) is 25.7. The van der Waals surface area contributed by atoms with Gasteiger partial charge >= 0.3 is 0 Å². The smallest absolute Gasteiger partial charge is 0.253 e. The third kappa shape index (κ3) is 9.13. The molecule has 1 aliphatic carbocycles. The Morgan fingerprint density at radius 1 is 0.976 bits per heavy atom. The van der Waals surface area contributed by atoms with Crippen molar-refractivity contribution in [2.45, 2.75) is 90.2 Å². The highest BCUT2D eigenvalue weighted by atomic mass is 16.5. The number of benzene rings is 1. The number of anilines is 2. The molecule has 4 rings (SSSR count). The van der Waals surface area contributed by atoms with E-state index in [0.29, 0.717) is 43.0 Å². The van der Waals surface area contributed by atoms with Gasteiger partial charge in [-0.15, -0.1) is 0 Å². The van der Waals surface area contributed by atoms with Crippen LogP contribution in [-0.4, -0.2) is 52.5 Å². The Balaban J connectivity index is 1.47. The van der Waals surface area contributed by atoms with Crippen LogP contribution in [0.2, 0.25) is 0 Å². The second-order valence-electron chi connectivity index (χ2n) is 12.7. The van der Waals surface area contributed by atoms with Crippen LogP contribution >= 0.6 is 0 Å². The van der Waals surface area contributed by atoms with Crippen molar-refractivity contribution < 1.29 is 9.47 Å². The van der Waals surface area contributed by atoms with E-state index in [1.165, 1.54) is 37.7 Å². The van der Waals surface area contributed by atoms with E-state index in [-0.39, 0.29) is 28.9 Å². The molecule has 0 amide bonds. The van der Waals surface area contributed by atoms with Gasteiger partial charge < -0.3 is 25.0 Å². The molecule has 0 bridgehead atoms. The minimum Gasteiger partial charge on any atom is -0.385 e. The number of hydrogen-bond acceptors (Lipinski definition) is 7. The predicted octanol–water partition coefficient (Wildman–Crippen LogP) is 5.68. The zero-order chi connectivity index (χ0) is 29.0. The lowest BCUT2D eigenvalue weighted by molar-refractivity contribution is -0.00235. The molecule has 2 fully saturated rings. The van der Waals surface area contributed by atoms with Crippen LogP contribution in [0.25, 0.3) is 0 Å². The van der Waals surface area contributed by atoms with Gasteiger partial charge in [0.1, 0.15) is 11.4 Å². The van der Waals surface area contributed by atoms with Gasteiger partial charge in [0.2, 0.25) is 0 Å². The summed E-state index contributed by atoms with van der Waals surface area (Å²) in [4.78, 5) is 28.1. The van der Waals surface area contributed by atoms with E-state index in [9.17, 15) is 9.59 Å². The fraction of sp³-hybridized carbons (Fsp3) is 0.706. The molecule has 0 radical (unpaired) electrons. The van der Waals surface area contributed by atoms with Gasteiger partial charge in [0.25, 0.3) is 10.9 Å². The van der Waals surface area contributed by atoms with Crippen molar-refractivity contribution in [1.29, 1.82) is 0 Å². The highest BCUT2D eigenvalue weighted by Crippen LogP contribution is 2.36. The first-order valence-electron chi connectivity index (χ1n) is 16.2. The summed E-state index contributed by atoms with van der Waals surface area (Å²) in [5.74, 6) is 1.58. The van der Waals surface area contributed by atoms with Crippen LogP contribution in [0.1, 0.15) is 89.7 Å². The van der Waals surface area contributed by atoms with E-state index in [2.05, 4.69) is 53.6 Å². The van der Waals surface area contributed by atoms with Crippen molar-refractivity contribution in [3.8, 4) is 0 Å². The monoisotopic (exact) mass is 567 g/mol. The van der Waals surface area contributed by atoms with Crippen LogP contribution in [0.3, 0.4) is 0 Å². The Hall–Kier alpha value is -2.22. The molecule has 228 valence electrons. The van der Waals surface area contributed by atoms with Crippen LogP contribution in [0.15, 0.2) is 39.9 Å². The molecule has 0 spiro atoms. The van der Waals surface area contributed by atoms with Crippen LogP contribution in [0.4, 0.5) is 11.4 Å². The molecule has 2 aromatic carbocycles. The average molecular weight is 568 g/mol. The number of ether oxygens (including phenoxy) is 2. The topological polar surface area (TPSA) is 79.9 Å². The number of nitrogens with zero attached hydrogens (tertiary/aromatic N) is 1. The molecule has 1 heterocycles. The molecule has 3 atom stereocenters. The Bertz CT molecular complexity index is 1090. The number of hydrogen-bond donors (Lipinski definition) is 2. The molecule has 41 heavy (non-hydrogen) atoms. The fourth-order valence-corrected chi connectivity index (χ4v) is 6.73. The number of piperidine rings is 1. The van der Waals surface area contributed by atoms with Gasteiger partial charge in [0.15, 0.2) is 0 Å². The van der Waals surface area contributed by atoms with Gasteiger partial charge in [0, 0.05) is 51.9 Å². The maximum Gasteiger partial charge on any atom is 0.253 e. The van der Waals surface area contributed by atoms with Crippen LogP contribution in [0.5, 0.6) is 0 Å². The third-order valence-electron chi connectivity index (χ3n) is 8.99. The molecule has 1 saturated heterocycles. The summed E-state index contributed by atoms with van der Waals surface area (Å²) in [6.45, 7) is 9.08. The van der Waals surface area contributed by atoms with Gasteiger partial charge in [-0.1, -0.05) is 76.3 Å². The molecule has 2 aliphatic rings. The molecule has 1 aliphatic heterocycles. The molecular formula is C34H53N3O4. The summed E-state index contributed by atoms with van der Waals surface area (Å²) in [5.41, 5.74) is 1.62. The van der Waals surface area contributed by atoms with Crippen molar-refractivity contribution in [2.24, 2.45) is 17.8 Å². The summed E-state index contributed by atoms with van der Waals surface area (Å²) in [7, 11) is 1.71. The van der Waals surface area contributed by atoms with Crippen molar-refractivity contribution in [3.63, 3.8) is 0 Å². The highest BCUT2D eigenvalue weighted by molar-refractivity contribution is 5.75. The molecule has 7 nitrogen and oxygen atoms in total. The largest absolute Gasteiger partial charge is 0.385 e. The van der Waals surface area contributed by atoms with Gasteiger partial charge in [0.05, 0.1) is 6.10 Å². The minimum atomic E-state index is -0.353. The second kappa shape index (κ2) is 16.4. The molecular weight excluding hydrogens is 514 g/mol. The van der Waals surface area contributed by atoms with Crippen molar-refractivity contribution >= 4 is 11.4 Å². The summed E-state index contributed by atoms with van der Waals surface area (Å²) in [6, 6.07) is 10.6. The Labute approximate surface area is 247 Å². The van der Waals surface area contributed by atoms with Crippen LogP contribution < -0.4 is 26.4 Å². The van der Waals surface area contributed by atoms with E-state index >= 15 is 0 Å². The molecule has 2 aromatic rings. The van der Waals surface area contributed by atoms with Crippen molar-refractivity contribution in [1.82, 2.24) is 5.32 Å². The van der Waals surface area contributed by atoms with E-state index < -0.39 is 0 Å². The summed E-state index contributed by atoms with van der Waals surface area (Å²) in [5, 5.41) is 7.23. The van der Waals surface area contributed by atoms with E-state index in [1.807, 2.05) is 6.07 Å². The van der Waals surface area contributed by atoms with Gasteiger partial charge in [-0.2, -0.15) is 0 Å². The lowest BCUT2D eigenvalue weighted by atomic mass is 9.84. The summed E-state index contributed by atoms with van der Waals surface area (Å²) >= 11 is 0. The molecule has 0 aromatic heterocycles. The van der Waals surface area contributed by atoms with Gasteiger partial charge in [-0.25, -0.2) is 0 Å².